The lowest BCUT2D eigenvalue weighted by molar-refractivity contribution is 0.206. The molecule has 0 saturated carbocycles. The Morgan fingerprint density at radius 3 is 2.29 bits per heavy atom. The monoisotopic (exact) mass is 412 g/mol. The van der Waals surface area contributed by atoms with Gasteiger partial charge in [0.1, 0.15) is 0 Å². The summed E-state index contributed by atoms with van der Waals surface area (Å²) in [6.45, 7) is 1.16. The maximum atomic E-state index is 12.9. The van der Waals surface area contributed by atoms with E-state index in [1.165, 1.54) is 5.56 Å². The largest absolute Gasteiger partial charge is 0.493 e. The van der Waals surface area contributed by atoms with Crippen LogP contribution in [-0.2, 0) is 13.0 Å². The Balaban J connectivity index is 1.45. The van der Waals surface area contributed by atoms with Crippen LogP contribution in [0.4, 0.5) is 10.5 Å². The summed E-state index contributed by atoms with van der Waals surface area (Å²) in [6, 6.07) is 21.2. The van der Waals surface area contributed by atoms with Crippen molar-refractivity contribution in [3.05, 3.63) is 89.0 Å². The number of urea groups is 1. The number of fused-ring (bicyclic) bond motifs is 1. The average Bonchev–Trinajstić information content (AvgIpc) is 2.82. The van der Waals surface area contributed by atoms with Crippen molar-refractivity contribution in [1.82, 2.24) is 4.90 Å². The maximum absolute atomic E-state index is 12.9. The Bertz CT molecular complexity index is 1150. The molecule has 0 saturated heterocycles. The van der Waals surface area contributed by atoms with Crippen LogP contribution in [0.1, 0.15) is 22.3 Å². The second-order valence-electron chi connectivity index (χ2n) is 7.27. The van der Waals surface area contributed by atoms with Crippen LogP contribution in [0.25, 0.3) is 0 Å². The fourth-order valence-electron chi connectivity index (χ4n) is 3.60. The Labute approximate surface area is 182 Å². The third-order valence-corrected chi connectivity index (χ3v) is 5.24. The first-order valence-corrected chi connectivity index (χ1v) is 10.1. The first kappa shape index (κ1) is 20.4. The number of hydrogen-bond acceptors (Lipinski definition) is 3. The summed E-state index contributed by atoms with van der Waals surface area (Å²) in [4.78, 5) is 14.7. The Kier molecular flexibility index (Phi) is 6.09. The molecular weight excluding hydrogens is 388 g/mol. The van der Waals surface area contributed by atoms with Crippen molar-refractivity contribution in [3.63, 3.8) is 0 Å². The minimum absolute atomic E-state index is 0.131. The van der Waals surface area contributed by atoms with Gasteiger partial charge in [0, 0.05) is 29.9 Å². The SMILES string of the molecule is COc1cc2c(cc1OC)CN(C(=O)Nc1cccc(C#Cc3ccccc3)c1)CC2. The molecule has 5 heteroatoms. The van der Waals surface area contributed by atoms with Gasteiger partial charge in [0.05, 0.1) is 14.2 Å². The van der Waals surface area contributed by atoms with Gasteiger partial charge in [-0.25, -0.2) is 4.79 Å². The Hall–Kier alpha value is -3.91. The van der Waals surface area contributed by atoms with Gasteiger partial charge in [-0.2, -0.15) is 0 Å². The van der Waals surface area contributed by atoms with Crippen molar-refractivity contribution in [3.8, 4) is 23.3 Å². The molecule has 0 fully saturated rings. The van der Waals surface area contributed by atoms with E-state index in [1.54, 1.807) is 19.1 Å². The Morgan fingerprint density at radius 1 is 0.871 bits per heavy atom. The molecule has 0 radical (unpaired) electrons. The van der Waals surface area contributed by atoms with Gasteiger partial charge in [0.25, 0.3) is 0 Å². The van der Waals surface area contributed by atoms with Crippen LogP contribution >= 0.6 is 0 Å². The summed E-state index contributed by atoms with van der Waals surface area (Å²) < 4.78 is 10.8. The van der Waals surface area contributed by atoms with E-state index in [1.807, 2.05) is 66.7 Å². The van der Waals surface area contributed by atoms with E-state index in [0.717, 1.165) is 28.8 Å². The lowest BCUT2D eigenvalue weighted by atomic mass is 9.99. The van der Waals surface area contributed by atoms with Crippen LogP contribution < -0.4 is 14.8 Å². The van der Waals surface area contributed by atoms with Gasteiger partial charge in [-0.05, 0) is 60.0 Å². The molecule has 1 heterocycles. The number of carbonyl (C=O) groups is 1. The van der Waals surface area contributed by atoms with Gasteiger partial charge >= 0.3 is 6.03 Å². The topological polar surface area (TPSA) is 50.8 Å². The summed E-state index contributed by atoms with van der Waals surface area (Å²) in [5.41, 5.74) is 4.78. The first-order valence-electron chi connectivity index (χ1n) is 10.1. The average molecular weight is 412 g/mol. The highest BCUT2D eigenvalue weighted by Crippen LogP contribution is 2.33. The molecule has 156 valence electrons. The van der Waals surface area contributed by atoms with Crippen LogP contribution in [0.3, 0.4) is 0 Å². The minimum Gasteiger partial charge on any atom is -0.493 e. The molecule has 1 aliphatic heterocycles. The first-order chi connectivity index (χ1) is 15.2. The second-order valence-corrected chi connectivity index (χ2v) is 7.27. The molecule has 3 aromatic rings. The molecular formula is C26H24N2O3. The van der Waals surface area contributed by atoms with Crippen molar-refractivity contribution in [2.75, 3.05) is 26.1 Å². The molecule has 3 aromatic carbocycles. The third-order valence-electron chi connectivity index (χ3n) is 5.24. The lowest BCUT2D eigenvalue weighted by Gasteiger charge is -2.29. The number of rotatable bonds is 3. The molecule has 5 nitrogen and oxygen atoms in total. The van der Waals surface area contributed by atoms with Gasteiger partial charge in [-0.3, -0.25) is 0 Å². The summed E-state index contributed by atoms with van der Waals surface area (Å²) in [5, 5.41) is 3.00. The highest BCUT2D eigenvalue weighted by molar-refractivity contribution is 5.89. The number of methoxy groups -OCH3 is 2. The molecule has 0 unspecified atom stereocenters. The van der Waals surface area contributed by atoms with Crippen molar-refractivity contribution in [1.29, 1.82) is 0 Å². The van der Waals surface area contributed by atoms with Gasteiger partial charge in [0.15, 0.2) is 11.5 Å². The zero-order valence-electron chi connectivity index (χ0n) is 17.6. The Morgan fingerprint density at radius 2 is 1.55 bits per heavy atom. The maximum Gasteiger partial charge on any atom is 0.322 e. The highest BCUT2D eigenvalue weighted by Gasteiger charge is 2.23. The fraction of sp³-hybridized carbons (Fsp3) is 0.192. The molecule has 31 heavy (non-hydrogen) atoms. The number of hydrogen-bond donors (Lipinski definition) is 1. The number of nitrogens with one attached hydrogen (secondary N) is 1. The normalized spacial score (nSPS) is 12.3. The summed E-state index contributed by atoms with van der Waals surface area (Å²) in [7, 11) is 3.25. The number of nitrogens with zero attached hydrogens (tertiary/aromatic N) is 1. The summed E-state index contributed by atoms with van der Waals surface area (Å²) in [6.07, 6.45) is 0.770. The number of anilines is 1. The molecule has 0 spiro atoms. The smallest absolute Gasteiger partial charge is 0.322 e. The summed E-state index contributed by atoms with van der Waals surface area (Å²) >= 11 is 0. The van der Waals surface area contributed by atoms with Gasteiger partial charge in [-0.15, -0.1) is 0 Å². The van der Waals surface area contributed by atoms with Crippen LogP contribution in [0.5, 0.6) is 11.5 Å². The molecule has 0 aliphatic carbocycles. The van der Waals surface area contributed by atoms with Crippen LogP contribution in [0.2, 0.25) is 0 Å². The number of amides is 2. The molecule has 2 amide bonds. The molecule has 4 rings (SSSR count). The highest BCUT2D eigenvalue weighted by atomic mass is 16.5. The summed E-state index contributed by atoms with van der Waals surface area (Å²) in [5.74, 6) is 7.68. The molecule has 1 aliphatic rings. The molecule has 0 bridgehead atoms. The van der Waals surface area contributed by atoms with Crippen LogP contribution in [0.15, 0.2) is 66.7 Å². The lowest BCUT2D eigenvalue weighted by Crippen LogP contribution is -2.38. The zero-order valence-corrected chi connectivity index (χ0v) is 17.6. The van der Waals surface area contributed by atoms with E-state index in [-0.39, 0.29) is 6.03 Å². The van der Waals surface area contributed by atoms with Gasteiger partial charge in [0.2, 0.25) is 0 Å². The van der Waals surface area contributed by atoms with Gasteiger partial charge in [-0.1, -0.05) is 36.1 Å². The standard InChI is InChI=1S/C26H24N2O3/c1-30-24-16-21-13-14-28(18-22(21)17-25(24)31-2)26(29)27-23-10-6-9-20(15-23)12-11-19-7-4-3-5-8-19/h3-10,15-17H,13-14,18H2,1-2H3,(H,27,29). The van der Waals surface area contributed by atoms with Crippen LogP contribution in [-0.4, -0.2) is 31.7 Å². The number of carbonyl (C=O) groups excluding carboxylic acids is 1. The minimum atomic E-state index is -0.131. The second kappa shape index (κ2) is 9.27. The van der Waals surface area contributed by atoms with Gasteiger partial charge < -0.3 is 19.7 Å². The van der Waals surface area contributed by atoms with Crippen molar-refractivity contribution >= 4 is 11.7 Å². The van der Waals surface area contributed by atoms with E-state index >= 15 is 0 Å². The zero-order chi connectivity index (χ0) is 21.6. The fourth-order valence-corrected chi connectivity index (χ4v) is 3.60. The predicted molar refractivity (Wildman–Crippen MR) is 122 cm³/mol. The quantitative estimate of drug-likeness (QED) is 0.635. The third kappa shape index (κ3) is 4.81. The van der Waals surface area contributed by atoms with Crippen LogP contribution in [0, 0.1) is 11.8 Å². The molecule has 1 N–H and O–H groups in total. The number of benzene rings is 3. The van der Waals surface area contributed by atoms with E-state index in [4.69, 9.17) is 9.47 Å². The predicted octanol–water partition coefficient (Wildman–Crippen LogP) is 4.69. The van der Waals surface area contributed by atoms with E-state index in [2.05, 4.69) is 17.2 Å². The molecule has 0 aromatic heterocycles. The van der Waals surface area contributed by atoms with Crippen molar-refractivity contribution in [2.45, 2.75) is 13.0 Å². The molecule has 0 atom stereocenters. The van der Waals surface area contributed by atoms with E-state index in [0.29, 0.717) is 24.6 Å². The van der Waals surface area contributed by atoms with Crippen molar-refractivity contribution in [2.24, 2.45) is 0 Å². The van der Waals surface area contributed by atoms with E-state index < -0.39 is 0 Å². The van der Waals surface area contributed by atoms with E-state index in [9.17, 15) is 4.79 Å². The van der Waals surface area contributed by atoms with Crippen molar-refractivity contribution < 1.29 is 14.3 Å². The number of ether oxygens (including phenoxy) is 2.